The fourth-order valence-corrected chi connectivity index (χ4v) is 3.08. The minimum absolute atomic E-state index is 0.145. The monoisotopic (exact) mass is 341 g/mol. The molecule has 8 heteroatoms. The van der Waals surface area contributed by atoms with E-state index in [0.717, 1.165) is 31.6 Å². The number of carbonyl (C=O) groups is 2. The SMILES string of the molecule is CS(=O)(=O)c1cc(NC(=O)CC2CCCCO2)cc(C(=O)O)c1. The number of aromatic carboxylic acids is 1. The second kappa shape index (κ2) is 7.10. The standard InChI is InChI=1S/C15H19NO6S/c1-23(20,21)13-7-10(15(18)19)6-11(8-13)16-14(17)9-12-4-2-3-5-22-12/h6-8,12H,2-5,9H2,1H3,(H,16,17)(H,18,19). The molecule has 0 saturated carbocycles. The smallest absolute Gasteiger partial charge is 0.335 e. The number of benzene rings is 1. The third-order valence-corrected chi connectivity index (χ3v) is 4.64. The Morgan fingerprint density at radius 3 is 2.61 bits per heavy atom. The van der Waals surface area contributed by atoms with Gasteiger partial charge in [0.15, 0.2) is 9.84 Å². The van der Waals surface area contributed by atoms with Gasteiger partial charge in [0.1, 0.15) is 0 Å². The van der Waals surface area contributed by atoms with E-state index in [9.17, 15) is 18.0 Å². The normalized spacial score (nSPS) is 18.4. The Hall–Kier alpha value is -1.93. The van der Waals surface area contributed by atoms with Crippen LogP contribution in [-0.2, 0) is 19.4 Å². The Morgan fingerprint density at radius 2 is 2.04 bits per heavy atom. The molecule has 1 aromatic carbocycles. The van der Waals surface area contributed by atoms with Gasteiger partial charge in [0, 0.05) is 18.6 Å². The van der Waals surface area contributed by atoms with Crippen molar-refractivity contribution in [2.75, 3.05) is 18.2 Å². The second-order valence-corrected chi connectivity index (χ2v) is 7.58. The first-order valence-corrected chi connectivity index (χ1v) is 9.15. The van der Waals surface area contributed by atoms with E-state index in [1.807, 2.05) is 0 Å². The summed E-state index contributed by atoms with van der Waals surface area (Å²) in [4.78, 5) is 23.0. The summed E-state index contributed by atoms with van der Waals surface area (Å²) in [6.45, 7) is 0.630. The molecule has 2 rings (SSSR count). The Kier molecular flexibility index (Phi) is 5.38. The highest BCUT2D eigenvalue weighted by Gasteiger charge is 2.19. The fraction of sp³-hybridized carbons (Fsp3) is 0.467. The first-order chi connectivity index (χ1) is 10.8. The van der Waals surface area contributed by atoms with Gasteiger partial charge in [-0.25, -0.2) is 13.2 Å². The van der Waals surface area contributed by atoms with Gasteiger partial charge >= 0.3 is 5.97 Å². The van der Waals surface area contributed by atoms with Gasteiger partial charge in [-0.05, 0) is 37.5 Å². The summed E-state index contributed by atoms with van der Waals surface area (Å²) in [6, 6.07) is 3.55. The maximum atomic E-state index is 12.0. The summed E-state index contributed by atoms with van der Waals surface area (Å²) in [5.41, 5.74) is -0.0525. The van der Waals surface area contributed by atoms with E-state index in [-0.39, 0.29) is 34.6 Å². The second-order valence-electron chi connectivity index (χ2n) is 5.56. The van der Waals surface area contributed by atoms with Crippen molar-refractivity contribution in [3.63, 3.8) is 0 Å². The van der Waals surface area contributed by atoms with Crippen LogP contribution in [0.15, 0.2) is 23.1 Å². The van der Waals surface area contributed by atoms with Crippen molar-refractivity contribution in [3.05, 3.63) is 23.8 Å². The molecule has 1 aromatic rings. The van der Waals surface area contributed by atoms with Crippen LogP contribution in [0.4, 0.5) is 5.69 Å². The highest BCUT2D eigenvalue weighted by Crippen LogP contribution is 2.21. The molecular formula is C15H19NO6S. The number of carbonyl (C=O) groups excluding carboxylic acids is 1. The quantitative estimate of drug-likeness (QED) is 0.843. The third-order valence-electron chi connectivity index (χ3n) is 3.55. The van der Waals surface area contributed by atoms with Crippen molar-refractivity contribution in [3.8, 4) is 0 Å². The molecule has 0 aromatic heterocycles. The molecule has 23 heavy (non-hydrogen) atoms. The van der Waals surface area contributed by atoms with E-state index < -0.39 is 15.8 Å². The van der Waals surface area contributed by atoms with E-state index in [1.54, 1.807) is 0 Å². The lowest BCUT2D eigenvalue weighted by atomic mass is 10.1. The Bertz CT molecular complexity index is 707. The van der Waals surface area contributed by atoms with Crippen molar-refractivity contribution in [2.45, 2.75) is 36.7 Å². The summed E-state index contributed by atoms with van der Waals surface area (Å²) in [7, 11) is -3.58. The summed E-state index contributed by atoms with van der Waals surface area (Å²) < 4.78 is 28.7. The lowest BCUT2D eigenvalue weighted by molar-refractivity contribution is -0.119. The Labute approximate surface area is 134 Å². The predicted octanol–water partition coefficient (Wildman–Crippen LogP) is 1.69. The Balaban J connectivity index is 2.16. The van der Waals surface area contributed by atoms with Gasteiger partial charge in [-0.3, -0.25) is 4.79 Å². The van der Waals surface area contributed by atoms with Gasteiger partial charge in [0.25, 0.3) is 0 Å². The van der Waals surface area contributed by atoms with Crippen LogP contribution in [0, 0.1) is 0 Å². The maximum Gasteiger partial charge on any atom is 0.335 e. The first-order valence-electron chi connectivity index (χ1n) is 7.25. The highest BCUT2D eigenvalue weighted by atomic mass is 32.2. The van der Waals surface area contributed by atoms with E-state index in [4.69, 9.17) is 9.84 Å². The first kappa shape index (κ1) is 17.4. The molecule has 1 saturated heterocycles. The predicted molar refractivity (Wildman–Crippen MR) is 83.3 cm³/mol. The Morgan fingerprint density at radius 1 is 1.30 bits per heavy atom. The van der Waals surface area contributed by atoms with Crippen LogP contribution >= 0.6 is 0 Å². The summed E-state index contributed by atoms with van der Waals surface area (Å²) in [6.07, 6.45) is 3.78. The van der Waals surface area contributed by atoms with Gasteiger partial charge in [-0.2, -0.15) is 0 Å². The molecular weight excluding hydrogens is 322 g/mol. The molecule has 126 valence electrons. The van der Waals surface area contributed by atoms with E-state index in [1.165, 1.54) is 12.1 Å². The zero-order chi connectivity index (χ0) is 17.0. The van der Waals surface area contributed by atoms with Crippen molar-refractivity contribution in [1.29, 1.82) is 0 Å². The number of rotatable bonds is 5. The van der Waals surface area contributed by atoms with Gasteiger partial charge in [0.2, 0.25) is 5.91 Å². The molecule has 1 atom stereocenters. The van der Waals surface area contributed by atoms with Crippen LogP contribution in [0.1, 0.15) is 36.0 Å². The zero-order valence-electron chi connectivity index (χ0n) is 12.7. The number of anilines is 1. The third kappa shape index (κ3) is 5.04. The van der Waals surface area contributed by atoms with E-state index in [0.29, 0.717) is 6.61 Å². The van der Waals surface area contributed by atoms with Crippen molar-refractivity contribution in [1.82, 2.24) is 0 Å². The molecule has 2 N–H and O–H groups in total. The molecule has 1 amide bonds. The number of nitrogens with one attached hydrogen (secondary N) is 1. The molecule has 0 radical (unpaired) electrons. The number of sulfone groups is 1. The molecule has 7 nitrogen and oxygen atoms in total. The lowest BCUT2D eigenvalue weighted by Crippen LogP contribution is -2.25. The van der Waals surface area contributed by atoms with E-state index in [2.05, 4.69) is 5.32 Å². The zero-order valence-corrected chi connectivity index (χ0v) is 13.6. The number of hydrogen-bond donors (Lipinski definition) is 2. The minimum atomic E-state index is -3.58. The molecule has 0 bridgehead atoms. The van der Waals surface area contributed by atoms with Crippen LogP contribution in [0.2, 0.25) is 0 Å². The van der Waals surface area contributed by atoms with Crippen LogP contribution in [0.5, 0.6) is 0 Å². The van der Waals surface area contributed by atoms with Crippen LogP contribution in [-0.4, -0.2) is 44.4 Å². The molecule has 1 aliphatic rings. The van der Waals surface area contributed by atoms with Crippen LogP contribution in [0.25, 0.3) is 0 Å². The minimum Gasteiger partial charge on any atom is -0.478 e. The fourth-order valence-electron chi connectivity index (χ4n) is 2.40. The summed E-state index contributed by atoms with van der Waals surface area (Å²) in [5, 5.41) is 11.6. The number of carboxylic acids is 1. The molecule has 1 unspecified atom stereocenters. The average molecular weight is 341 g/mol. The maximum absolute atomic E-state index is 12.0. The van der Waals surface area contributed by atoms with Gasteiger partial charge in [-0.1, -0.05) is 0 Å². The van der Waals surface area contributed by atoms with Gasteiger partial charge in [0.05, 0.1) is 23.0 Å². The van der Waals surface area contributed by atoms with Crippen LogP contribution in [0.3, 0.4) is 0 Å². The van der Waals surface area contributed by atoms with Gasteiger partial charge in [-0.15, -0.1) is 0 Å². The molecule has 1 fully saturated rings. The molecule has 1 heterocycles. The largest absolute Gasteiger partial charge is 0.478 e. The highest BCUT2D eigenvalue weighted by molar-refractivity contribution is 7.90. The molecule has 1 aliphatic heterocycles. The molecule has 0 spiro atoms. The van der Waals surface area contributed by atoms with Crippen molar-refractivity contribution < 1.29 is 27.9 Å². The summed E-state index contributed by atoms with van der Waals surface area (Å²) in [5.74, 6) is -1.60. The number of amides is 1. The van der Waals surface area contributed by atoms with Crippen molar-refractivity contribution in [2.24, 2.45) is 0 Å². The average Bonchev–Trinajstić information content (AvgIpc) is 2.46. The van der Waals surface area contributed by atoms with Gasteiger partial charge < -0.3 is 15.2 Å². The topological polar surface area (TPSA) is 110 Å². The molecule has 0 aliphatic carbocycles. The lowest BCUT2D eigenvalue weighted by Gasteiger charge is -2.22. The van der Waals surface area contributed by atoms with Crippen molar-refractivity contribution >= 4 is 27.4 Å². The summed E-state index contributed by atoms with van der Waals surface area (Å²) >= 11 is 0. The number of carboxylic acid groups (broad SMARTS) is 1. The number of ether oxygens (including phenoxy) is 1. The number of hydrogen-bond acceptors (Lipinski definition) is 5. The van der Waals surface area contributed by atoms with Crippen LogP contribution < -0.4 is 5.32 Å². The van der Waals surface area contributed by atoms with E-state index >= 15 is 0 Å².